The molecule has 1 aliphatic rings. The molecule has 3 aromatic rings. The average Bonchev–Trinajstić information content (AvgIpc) is 3.33. The fourth-order valence-corrected chi connectivity index (χ4v) is 4.17. The number of anilines is 2. The van der Waals surface area contributed by atoms with Crippen molar-refractivity contribution in [1.82, 2.24) is 4.68 Å². The topological polar surface area (TPSA) is 83.4 Å². The summed E-state index contributed by atoms with van der Waals surface area (Å²) in [6.07, 6.45) is 0.115. The van der Waals surface area contributed by atoms with Crippen LogP contribution in [0.2, 0.25) is 5.02 Å². The molecular weight excluding hydrogens is 440 g/mol. The van der Waals surface area contributed by atoms with E-state index in [2.05, 4.69) is 10.7 Å². The molecule has 33 heavy (non-hydrogen) atoms. The highest BCUT2D eigenvalue weighted by Gasteiger charge is 2.36. The number of carbonyl (C=O) groups excluding carboxylic acids is 3. The number of aryl methyl sites for hydroxylation is 2. The number of carbonyl (C=O) groups is 3. The molecule has 0 bridgehead atoms. The minimum Gasteiger partial charge on any atom is -0.326 e. The molecule has 7 nitrogen and oxygen atoms in total. The predicted octanol–water partition coefficient (Wildman–Crippen LogP) is 4.44. The molecular formula is C25H25ClN4O3. The van der Waals surface area contributed by atoms with Crippen molar-refractivity contribution in [2.45, 2.75) is 27.2 Å². The first-order valence-electron chi connectivity index (χ1n) is 10.7. The van der Waals surface area contributed by atoms with Crippen LogP contribution in [0, 0.1) is 26.7 Å². The van der Waals surface area contributed by atoms with Gasteiger partial charge in [0, 0.05) is 46.3 Å². The number of rotatable bonds is 5. The van der Waals surface area contributed by atoms with E-state index in [1.807, 2.05) is 39.0 Å². The van der Waals surface area contributed by atoms with Crippen LogP contribution in [0.4, 0.5) is 11.4 Å². The zero-order chi connectivity index (χ0) is 23.7. The third kappa shape index (κ3) is 4.64. The van der Waals surface area contributed by atoms with E-state index in [9.17, 15) is 14.4 Å². The Bertz CT molecular complexity index is 1230. The lowest BCUT2D eigenvalue weighted by atomic mass is 10.1. The molecule has 1 aromatic heterocycles. The van der Waals surface area contributed by atoms with Gasteiger partial charge in [0.05, 0.1) is 5.92 Å². The Labute approximate surface area is 197 Å². The second-order valence-corrected chi connectivity index (χ2v) is 8.66. The summed E-state index contributed by atoms with van der Waals surface area (Å²) >= 11 is 6.20. The molecule has 0 aliphatic carbocycles. The maximum Gasteiger partial charge on any atom is 0.270 e. The fraction of sp³-hybridized carbons (Fsp3) is 0.240. The van der Waals surface area contributed by atoms with Gasteiger partial charge in [-0.2, -0.15) is 0 Å². The van der Waals surface area contributed by atoms with Crippen LogP contribution < -0.4 is 15.6 Å². The molecule has 1 atom stereocenters. The first kappa shape index (κ1) is 22.6. The van der Waals surface area contributed by atoms with Crippen molar-refractivity contribution in [3.05, 3.63) is 82.1 Å². The summed E-state index contributed by atoms with van der Waals surface area (Å²) in [7, 11) is 0. The zero-order valence-electron chi connectivity index (χ0n) is 18.7. The lowest BCUT2D eigenvalue weighted by Gasteiger charge is -2.19. The van der Waals surface area contributed by atoms with Gasteiger partial charge < -0.3 is 10.2 Å². The van der Waals surface area contributed by atoms with Gasteiger partial charge in [-0.25, -0.2) is 0 Å². The Kier molecular flexibility index (Phi) is 6.24. The number of hydrogen-bond donors (Lipinski definition) is 2. The van der Waals surface area contributed by atoms with E-state index in [1.54, 1.807) is 46.0 Å². The molecule has 0 unspecified atom stereocenters. The molecule has 3 amide bonds. The number of halogens is 1. The molecule has 1 fully saturated rings. The maximum atomic E-state index is 12.9. The van der Waals surface area contributed by atoms with E-state index in [4.69, 9.17) is 11.6 Å². The van der Waals surface area contributed by atoms with Gasteiger partial charge in [-0.15, -0.1) is 0 Å². The number of hydrogen-bond acceptors (Lipinski definition) is 3. The number of nitrogens with one attached hydrogen (secondary N) is 2. The third-order valence-corrected chi connectivity index (χ3v) is 6.31. The minimum atomic E-state index is -0.501. The van der Waals surface area contributed by atoms with Gasteiger partial charge in [0.25, 0.3) is 5.91 Å². The average molecular weight is 465 g/mol. The van der Waals surface area contributed by atoms with Crippen LogP contribution in [0.3, 0.4) is 0 Å². The van der Waals surface area contributed by atoms with Crippen molar-refractivity contribution in [2.75, 3.05) is 22.2 Å². The lowest BCUT2D eigenvalue weighted by Crippen LogP contribution is -2.28. The van der Waals surface area contributed by atoms with Gasteiger partial charge in [-0.3, -0.25) is 24.5 Å². The fourth-order valence-electron chi connectivity index (χ4n) is 4.00. The number of aromatic nitrogens is 1. The monoisotopic (exact) mass is 464 g/mol. The molecule has 0 spiro atoms. The second kappa shape index (κ2) is 9.11. The van der Waals surface area contributed by atoms with Crippen LogP contribution in [-0.4, -0.2) is 28.9 Å². The van der Waals surface area contributed by atoms with Crippen molar-refractivity contribution < 1.29 is 14.4 Å². The molecule has 2 aromatic carbocycles. The van der Waals surface area contributed by atoms with Crippen molar-refractivity contribution >= 4 is 40.7 Å². The highest BCUT2D eigenvalue weighted by atomic mass is 35.5. The highest BCUT2D eigenvalue weighted by Crippen LogP contribution is 2.31. The van der Waals surface area contributed by atoms with Crippen LogP contribution in [0.25, 0.3) is 0 Å². The SMILES string of the molecule is Cc1c(Cl)cccc1N1C[C@H](C(=O)Nc2cccc(C(=O)Nn3c(C)ccc3C)c2)CC1=O. The molecule has 0 saturated carbocycles. The molecule has 2 N–H and O–H groups in total. The van der Waals surface area contributed by atoms with Crippen LogP contribution in [-0.2, 0) is 9.59 Å². The first-order valence-corrected chi connectivity index (χ1v) is 11.0. The Hall–Kier alpha value is -3.58. The number of benzene rings is 2. The van der Waals surface area contributed by atoms with Crippen molar-refractivity contribution in [1.29, 1.82) is 0 Å². The predicted molar refractivity (Wildman–Crippen MR) is 129 cm³/mol. The van der Waals surface area contributed by atoms with E-state index in [0.29, 0.717) is 16.3 Å². The van der Waals surface area contributed by atoms with Gasteiger partial charge in [-0.05, 0) is 68.8 Å². The largest absolute Gasteiger partial charge is 0.326 e. The second-order valence-electron chi connectivity index (χ2n) is 8.25. The first-order chi connectivity index (χ1) is 15.7. The molecule has 1 saturated heterocycles. The van der Waals surface area contributed by atoms with E-state index >= 15 is 0 Å². The molecule has 8 heteroatoms. The zero-order valence-corrected chi connectivity index (χ0v) is 19.4. The van der Waals surface area contributed by atoms with Crippen LogP contribution in [0.15, 0.2) is 54.6 Å². The number of nitrogens with zero attached hydrogens (tertiary/aromatic N) is 2. The van der Waals surface area contributed by atoms with Crippen molar-refractivity contribution in [3.63, 3.8) is 0 Å². The summed E-state index contributed by atoms with van der Waals surface area (Å²) in [6.45, 7) is 5.94. The standard InChI is InChI=1S/C25H25ClN4O3/c1-15-10-11-16(2)30(15)28-25(33)18-6-4-7-20(12-18)27-24(32)19-13-23(31)29(14-19)22-9-5-8-21(26)17(22)3/h4-12,19H,13-14H2,1-3H3,(H,27,32)(H,28,33)/t19-/m1/s1. The van der Waals surface area contributed by atoms with E-state index in [1.165, 1.54) is 0 Å². The Balaban J connectivity index is 1.44. The van der Waals surface area contributed by atoms with Crippen LogP contribution in [0.5, 0.6) is 0 Å². The van der Waals surface area contributed by atoms with E-state index in [-0.39, 0.29) is 30.7 Å². The number of amides is 3. The summed E-state index contributed by atoms with van der Waals surface area (Å²) in [5.74, 6) is -1.17. The summed E-state index contributed by atoms with van der Waals surface area (Å²) in [4.78, 5) is 39.8. The van der Waals surface area contributed by atoms with Crippen molar-refractivity contribution in [2.24, 2.45) is 5.92 Å². The van der Waals surface area contributed by atoms with Gasteiger partial charge in [-0.1, -0.05) is 23.7 Å². The summed E-state index contributed by atoms with van der Waals surface area (Å²) in [5, 5.41) is 3.43. The Morgan fingerprint density at radius 3 is 2.42 bits per heavy atom. The minimum absolute atomic E-state index is 0.115. The Morgan fingerprint density at radius 1 is 1.00 bits per heavy atom. The molecule has 1 aliphatic heterocycles. The van der Waals surface area contributed by atoms with Crippen LogP contribution >= 0.6 is 11.6 Å². The summed E-state index contributed by atoms with van der Waals surface area (Å²) < 4.78 is 1.71. The van der Waals surface area contributed by atoms with Crippen LogP contribution in [0.1, 0.15) is 33.7 Å². The quantitative estimate of drug-likeness (QED) is 0.585. The lowest BCUT2D eigenvalue weighted by molar-refractivity contribution is -0.122. The van der Waals surface area contributed by atoms with Gasteiger partial charge >= 0.3 is 0 Å². The maximum absolute atomic E-state index is 12.9. The molecule has 0 radical (unpaired) electrons. The smallest absolute Gasteiger partial charge is 0.270 e. The highest BCUT2D eigenvalue weighted by molar-refractivity contribution is 6.31. The van der Waals surface area contributed by atoms with E-state index < -0.39 is 5.92 Å². The van der Waals surface area contributed by atoms with Gasteiger partial charge in [0.2, 0.25) is 11.8 Å². The van der Waals surface area contributed by atoms with Crippen molar-refractivity contribution in [3.8, 4) is 0 Å². The normalized spacial score (nSPS) is 15.6. The van der Waals surface area contributed by atoms with Gasteiger partial charge in [0.15, 0.2) is 0 Å². The molecule has 170 valence electrons. The summed E-state index contributed by atoms with van der Waals surface area (Å²) in [6, 6.07) is 16.0. The van der Waals surface area contributed by atoms with E-state index in [0.717, 1.165) is 22.6 Å². The summed E-state index contributed by atoms with van der Waals surface area (Å²) in [5.41, 5.74) is 7.12. The Morgan fingerprint density at radius 2 is 1.70 bits per heavy atom. The van der Waals surface area contributed by atoms with Gasteiger partial charge in [0.1, 0.15) is 0 Å². The molecule has 2 heterocycles. The molecule has 4 rings (SSSR count). The third-order valence-electron chi connectivity index (χ3n) is 5.90.